The van der Waals surface area contributed by atoms with Gasteiger partial charge in [-0.05, 0) is 35.9 Å². The van der Waals surface area contributed by atoms with Gasteiger partial charge in [0.25, 0.3) is 10.0 Å². The lowest BCUT2D eigenvalue weighted by atomic mass is 9.89. The molecule has 160 valence electrons. The van der Waals surface area contributed by atoms with Crippen LogP contribution in [0.5, 0.6) is 0 Å². The summed E-state index contributed by atoms with van der Waals surface area (Å²) in [5.41, 5.74) is 0.796. The minimum Gasteiger partial charge on any atom is -0.469 e. The Morgan fingerprint density at radius 3 is 2.58 bits per heavy atom. The Labute approximate surface area is 188 Å². The molecule has 0 amide bonds. The number of hydrogen-bond donors (Lipinski definition) is 0. The number of ketones is 1. The molecule has 1 aromatic heterocycles. The molecule has 10 heteroatoms. The first kappa shape index (κ1) is 21.5. The van der Waals surface area contributed by atoms with Crippen LogP contribution < -0.4 is 4.31 Å². The summed E-state index contributed by atoms with van der Waals surface area (Å²) in [4.78, 5) is 29.8. The summed E-state index contributed by atoms with van der Waals surface area (Å²) in [6.45, 7) is 0. The lowest BCUT2D eigenvalue weighted by Gasteiger charge is -2.28. The summed E-state index contributed by atoms with van der Waals surface area (Å²) in [5.74, 6) is -1.83. The van der Waals surface area contributed by atoms with Gasteiger partial charge in [-0.15, -0.1) is 11.3 Å². The van der Waals surface area contributed by atoms with E-state index >= 15 is 0 Å². The van der Waals surface area contributed by atoms with Crippen LogP contribution in [0.3, 0.4) is 0 Å². The molecule has 2 atom stereocenters. The molecular formula is C21H17ClN2O5S2. The van der Waals surface area contributed by atoms with E-state index in [-0.39, 0.29) is 16.3 Å². The molecule has 2 aromatic carbocycles. The predicted molar refractivity (Wildman–Crippen MR) is 117 cm³/mol. The molecule has 31 heavy (non-hydrogen) atoms. The number of ether oxygens (including phenoxy) is 1. The van der Waals surface area contributed by atoms with Crippen molar-refractivity contribution >= 4 is 50.4 Å². The van der Waals surface area contributed by atoms with Gasteiger partial charge in [0.15, 0.2) is 5.01 Å². The molecular weight excluding hydrogens is 460 g/mol. The summed E-state index contributed by atoms with van der Waals surface area (Å²) in [5, 5.41) is 2.16. The number of thiazole rings is 1. The minimum absolute atomic E-state index is 0.0338. The van der Waals surface area contributed by atoms with Gasteiger partial charge in [-0.3, -0.25) is 13.9 Å². The van der Waals surface area contributed by atoms with Crippen LogP contribution in [0.2, 0.25) is 5.02 Å². The fourth-order valence-corrected chi connectivity index (χ4v) is 6.22. The summed E-state index contributed by atoms with van der Waals surface area (Å²) in [6, 6.07) is 11.3. The first-order chi connectivity index (χ1) is 14.8. The van der Waals surface area contributed by atoms with E-state index in [4.69, 9.17) is 16.3 Å². The average Bonchev–Trinajstić information content (AvgIpc) is 3.41. The Morgan fingerprint density at radius 2 is 1.94 bits per heavy atom. The van der Waals surface area contributed by atoms with Crippen molar-refractivity contribution < 1.29 is 22.7 Å². The number of hydrogen-bond acceptors (Lipinski definition) is 7. The molecule has 1 aliphatic heterocycles. The zero-order chi connectivity index (χ0) is 22.2. The van der Waals surface area contributed by atoms with E-state index < -0.39 is 33.7 Å². The molecule has 0 radical (unpaired) electrons. The van der Waals surface area contributed by atoms with E-state index in [2.05, 4.69) is 4.98 Å². The Hall–Kier alpha value is -2.75. The van der Waals surface area contributed by atoms with E-state index in [1.807, 2.05) is 0 Å². The largest absolute Gasteiger partial charge is 0.469 e. The maximum atomic E-state index is 13.7. The molecule has 2 unspecified atom stereocenters. The lowest BCUT2D eigenvalue weighted by Crippen LogP contribution is -2.45. The number of aromatic nitrogens is 1. The number of nitrogens with zero attached hydrogens (tertiary/aromatic N) is 2. The quantitative estimate of drug-likeness (QED) is 0.395. The zero-order valence-electron chi connectivity index (χ0n) is 16.3. The number of rotatable bonds is 6. The molecule has 0 saturated heterocycles. The van der Waals surface area contributed by atoms with Gasteiger partial charge >= 0.3 is 5.97 Å². The Bertz CT molecular complexity index is 1230. The monoisotopic (exact) mass is 476 g/mol. The highest BCUT2D eigenvalue weighted by Crippen LogP contribution is 2.47. The highest BCUT2D eigenvalue weighted by atomic mass is 35.5. The van der Waals surface area contributed by atoms with Crippen molar-refractivity contribution in [3.8, 4) is 0 Å². The SMILES string of the molecule is COC(=O)CC1c2cc(Cl)ccc2N(S(=O)(=O)c2ccccc2)C1C(=O)c1nccs1. The third-order valence-corrected chi connectivity index (χ3v) is 7.92. The van der Waals surface area contributed by atoms with Gasteiger partial charge in [-0.1, -0.05) is 29.8 Å². The van der Waals surface area contributed by atoms with Crippen molar-refractivity contribution in [2.45, 2.75) is 23.3 Å². The van der Waals surface area contributed by atoms with Gasteiger partial charge in [-0.25, -0.2) is 13.4 Å². The topological polar surface area (TPSA) is 93.6 Å². The molecule has 3 aromatic rings. The second-order valence-electron chi connectivity index (χ2n) is 6.85. The molecule has 0 fully saturated rings. The lowest BCUT2D eigenvalue weighted by molar-refractivity contribution is -0.141. The molecule has 2 heterocycles. The average molecular weight is 477 g/mol. The van der Waals surface area contributed by atoms with Crippen LogP contribution in [0, 0.1) is 0 Å². The predicted octanol–water partition coefficient (Wildman–Crippen LogP) is 3.90. The fraction of sp³-hybridized carbons (Fsp3) is 0.190. The molecule has 0 N–H and O–H groups in total. The third kappa shape index (κ3) is 3.84. The van der Waals surface area contributed by atoms with Crippen LogP contribution in [0.1, 0.15) is 27.7 Å². The summed E-state index contributed by atoms with van der Waals surface area (Å²) < 4.78 is 33.3. The number of Topliss-reactive ketones (excluding diaryl/α,β-unsaturated/α-hetero) is 1. The van der Waals surface area contributed by atoms with Crippen molar-refractivity contribution in [3.63, 3.8) is 0 Å². The first-order valence-electron chi connectivity index (χ1n) is 9.24. The molecule has 0 bridgehead atoms. The fourth-order valence-electron chi connectivity index (χ4n) is 3.74. The number of methoxy groups -OCH3 is 1. The molecule has 0 spiro atoms. The maximum Gasteiger partial charge on any atom is 0.306 e. The summed E-state index contributed by atoms with van der Waals surface area (Å²) >= 11 is 7.30. The number of carbonyl (C=O) groups is 2. The molecule has 1 aliphatic rings. The first-order valence-corrected chi connectivity index (χ1v) is 11.9. The van der Waals surface area contributed by atoms with Gasteiger partial charge in [0.1, 0.15) is 6.04 Å². The molecule has 0 saturated carbocycles. The maximum absolute atomic E-state index is 13.7. The van der Waals surface area contributed by atoms with Gasteiger partial charge in [-0.2, -0.15) is 0 Å². The van der Waals surface area contributed by atoms with Crippen molar-refractivity contribution in [3.05, 3.63) is 75.7 Å². The van der Waals surface area contributed by atoms with Crippen LogP contribution in [0.4, 0.5) is 5.69 Å². The Balaban J connectivity index is 1.94. The Kier molecular flexibility index (Phi) is 5.83. The Morgan fingerprint density at radius 1 is 1.19 bits per heavy atom. The number of fused-ring (bicyclic) bond motifs is 1. The number of benzene rings is 2. The van der Waals surface area contributed by atoms with E-state index in [1.54, 1.807) is 41.8 Å². The van der Waals surface area contributed by atoms with E-state index in [1.165, 1.54) is 25.4 Å². The normalized spacial score (nSPS) is 17.9. The second kappa shape index (κ2) is 8.41. The third-order valence-electron chi connectivity index (χ3n) is 5.09. The van der Waals surface area contributed by atoms with Crippen molar-refractivity contribution in [2.75, 3.05) is 11.4 Å². The number of carbonyl (C=O) groups excluding carboxylic acids is 2. The molecule has 0 aliphatic carbocycles. The van der Waals surface area contributed by atoms with Gasteiger partial charge in [0.05, 0.1) is 24.1 Å². The number of halogens is 1. The summed E-state index contributed by atoms with van der Waals surface area (Å²) in [6.07, 6.45) is 1.29. The van der Waals surface area contributed by atoms with Crippen LogP contribution in [0.25, 0.3) is 0 Å². The van der Waals surface area contributed by atoms with Crippen LogP contribution in [-0.4, -0.2) is 38.3 Å². The van der Waals surface area contributed by atoms with Crippen molar-refractivity contribution in [1.82, 2.24) is 4.98 Å². The zero-order valence-corrected chi connectivity index (χ0v) is 18.7. The van der Waals surface area contributed by atoms with Crippen LogP contribution >= 0.6 is 22.9 Å². The van der Waals surface area contributed by atoms with Gasteiger partial charge in [0, 0.05) is 22.5 Å². The van der Waals surface area contributed by atoms with Crippen LogP contribution in [0.15, 0.2) is 65.0 Å². The second-order valence-corrected chi connectivity index (χ2v) is 10.00. The molecule has 4 rings (SSSR count). The van der Waals surface area contributed by atoms with Crippen molar-refractivity contribution in [1.29, 1.82) is 0 Å². The van der Waals surface area contributed by atoms with E-state index in [0.717, 1.165) is 15.6 Å². The van der Waals surface area contributed by atoms with E-state index in [0.29, 0.717) is 16.3 Å². The highest BCUT2D eigenvalue weighted by molar-refractivity contribution is 7.93. The van der Waals surface area contributed by atoms with Crippen molar-refractivity contribution in [2.24, 2.45) is 0 Å². The number of esters is 1. The standard InChI is InChI=1S/C21H17ClN2O5S2/c1-29-18(25)12-16-15-11-13(22)7-8-17(15)24(19(16)20(26)21-23-9-10-30-21)31(27,28)14-5-3-2-4-6-14/h2-11,16,19H,12H2,1H3. The number of anilines is 1. The highest BCUT2D eigenvalue weighted by Gasteiger charge is 2.50. The number of sulfonamides is 1. The molecule has 7 nitrogen and oxygen atoms in total. The van der Waals surface area contributed by atoms with Gasteiger partial charge < -0.3 is 4.74 Å². The van der Waals surface area contributed by atoms with Gasteiger partial charge in [0.2, 0.25) is 5.78 Å². The summed E-state index contributed by atoms with van der Waals surface area (Å²) in [7, 11) is -2.89. The van der Waals surface area contributed by atoms with Crippen LogP contribution in [-0.2, 0) is 19.6 Å². The minimum atomic E-state index is -4.13. The van der Waals surface area contributed by atoms with E-state index in [9.17, 15) is 18.0 Å². The smallest absolute Gasteiger partial charge is 0.306 e.